The number of benzene rings is 2. The van der Waals surface area contributed by atoms with Gasteiger partial charge in [-0.1, -0.05) is 17.7 Å². The third-order valence-electron chi connectivity index (χ3n) is 3.20. The molecule has 0 aromatic heterocycles. The molecular weight excluding hydrogens is 310 g/mol. The monoisotopic (exact) mass is 327 g/mol. The van der Waals surface area contributed by atoms with Crippen LogP contribution in [0, 0.1) is 24.0 Å². The van der Waals surface area contributed by atoms with E-state index in [9.17, 15) is 14.9 Å². The Balaban J connectivity index is 1.83. The van der Waals surface area contributed by atoms with Gasteiger partial charge in [0.1, 0.15) is 5.75 Å². The molecule has 0 saturated carbocycles. The molecule has 0 heterocycles. The molecule has 7 nitrogen and oxygen atoms in total. The van der Waals surface area contributed by atoms with E-state index in [1.807, 2.05) is 32.0 Å². The van der Waals surface area contributed by atoms with Crippen LogP contribution < -0.4 is 10.2 Å². The van der Waals surface area contributed by atoms with E-state index in [0.29, 0.717) is 11.3 Å². The van der Waals surface area contributed by atoms with Crippen molar-refractivity contribution in [2.45, 2.75) is 13.8 Å². The normalized spacial score (nSPS) is 10.6. The van der Waals surface area contributed by atoms with Gasteiger partial charge >= 0.3 is 0 Å². The highest BCUT2D eigenvalue weighted by Crippen LogP contribution is 2.18. The molecule has 0 spiro atoms. The third-order valence-corrected chi connectivity index (χ3v) is 3.20. The second-order valence-electron chi connectivity index (χ2n) is 5.20. The molecule has 0 saturated heterocycles. The molecule has 0 unspecified atom stereocenters. The van der Waals surface area contributed by atoms with Crippen LogP contribution in [0.5, 0.6) is 5.75 Å². The van der Waals surface area contributed by atoms with Crippen LogP contribution in [0.4, 0.5) is 5.69 Å². The van der Waals surface area contributed by atoms with Crippen LogP contribution >= 0.6 is 0 Å². The van der Waals surface area contributed by atoms with E-state index < -0.39 is 10.8 Å². The van der Waals surface area contributed by atoms with Gasteiger partial charge < -0.3 is 4.74 Å². The summed E-state index contributed by atoms with van der Waals surface area (Å²) in [7, 11) is 0. The Morgan fingerprint density at radius 1 is 1.25 bits per heavy atom. The van der Waals surface area contributed by atoms with Gasteiger partial charge in [-0.25, -0.2) is 5.43 Å². The van der Waals surface area contributed by atoms with Crippen molar-refractivity contribution in [3.05, 3.63) is 69.3 Å². The fourth-order valence-electron chi connectivity index (χ4n) is 2.00. The number of nitrogens with one attached hydrogen (secondary N) is 1. The lowest BCUT2D eigenvalue weighted by Gasteiger charge is -2.08. The predicted molar refractivity (Wildman–Crippen MR) is 90.2 cm³/mol. The van der Waals surface area contributed by atoms with Crippen molar-refractivity contribution < 1.29 is 14.5 Å². The first kappa shape index (κ1) is 17.1. The molecule has 0 radical (unpaired) electrons. The van der Waals surface area contributed by atoms with E-state index in [2.05, 4.69) is 10.5 Å². The zero-order valence-electron chi connectivity index (χ0n) is 13.4. The lowest BCUT2D eigenvalue weighted by atomic mass is 10.1. The first-order valence-corrected chi connectivity index (χ1v) is 7.22. The summed E-state index contributed by atoms with van der Waals surface area (Å²) in [5, 5.41) is 14.3. The minimum atomic E-state index is -0.479. The van der Waals surface area contributed by atoms with Gasteiger partial charge in [-0.15, -0.1) is 0 Å². The van der Waals surface area contributed by atoms with Crippen LogP contribution in [-0.2, 0) is 4.79 Å². The second-order valence-corrected chi connectivity index (χ2v) is 5.20. The number of hydrogen-bond donors (Lipinski definition) is 1. The Hall–Kier alpha value is -3.22. The van der Waals surface area contributed by atoms with Gasteiger partial charge in [-0.2, -0.15) is 5.10 Å². The molecule has 0 fully saturated rings. The van der Waals surface area contributed by atoms with Gasteiger partial charge in [-0.05, 0) is 43.2 Å². The third kappa shape index (κ3) is 4.91. The fourth-order valence-corrected chi connectivity index (χ4v) is 2.00. The summed E-state index contributed by atoms with van der Waals surface area (Å²) >= 11 is 0. The Morgan fingerprint density at radius 3 is 2.58 bits per heavy atom. The Morgan fingerprint density at radius 2 is 1.96 bits per heavy atom. The van der Waals surface area contributed by atoms with E-state index in [1.165, 1.54) is 18.3 Å². The summed E-state index contributed by atoms with van der Waals surface area (Å²) in [6, 6.07) is 11.5. The van der Waals surface area contributed by atoms with Crippen molar-refractivity contribution in [3.8, 4) is 5.75 Å². The van der Waals surface area contributed by atoms with E-state index in [-0.39, 0.29) is 12.3 Å². The number of non-ortho nitro benzene ring substituents is 1. The van der Waals surface area contributed by atoms with E-state index in [4.69, 9.17) is 4.74 Å². The van der Waals surface area contributed by atoms with Gasteiger partial charge in [0.25, 0.3) is 11.6 Å². The van der Waals surface area contributed by atoms with Crippen molar-refractivity contribution in [2.24, 2.45) is 5.10 Å². The van der Waals surface area contributed by atoms with Crippen molar-refractivity contribution in [1.82, 2.24) is 5.43 Å². The quantitative estimate of drug-likeness (QED) is 0.501. The number of aryl methyl sites for hydroxylation is 2. The Kier molecular flexibility index (Phi) is 5.62. The highest BCUT2D eigenvalue weighted by molar-refractivity contribution is 5.83. The maximum atomic E-state index is 11.7. The maximum absolute atomic E-state index is 11.7. The van der Waals surface area contributed by atoms with E-state index in [0.717, 1.165) is 11.1 Å². The van der Waals surface area contributed by atoms with E-state index >= 15 is 0 Å². The molecule has 7 heteroatoms. The average Bonchev–Trinajstić information content (AvgIpc) is 2.54. The first-order valence-electron chi connectivity index (χ1n) is 7.22. The standard InChI is InChI=1S/C17H17N3O4/c1-12-3-8-16(13(2)9-12)24-11-17(21)19-18-10-14-4-6-15(7-5-14)20(22)23/h3-10H,11H2,1-2H3,(H,19,21)/b18-10+. The highest BCUT2D eigenvalue weighted by Gasteiger charge is 2.05. The Bertz CT molecular complexity index is 770. The topological polar surface area (TPSA) is 93.8 Å². The fraction of sp³-hybridized carbons (Fsp3) is 0.176. The lowest BCUT2D eigenvalue weighted by Crippen LogP contribution is -2.24. The minimum absolute atomic E-state index is 0.00180. The summed E-state index contributed by atoms with van der Waals surface area (Å²) in [6.45, 7) is 3.74. The van der Waals surface area contributed by atoms with Crippen molar-refractivity contribution in [1.29, 1.82) is 0 Å². The number of rotatable bonds is 6. The zero-order valence-corrected chi connectivity index (χ0v) is 13.4. The molecule has 0 aliphatic heterocycles. The zero-order chi connectivity index (χ0) is 17.5. The maximum Gasteiger partial charge on any atom is 0.277 e. The Labute approximate surface area is 139 Å². The van der Waals surface area contributed by atoms with Crippen LogP contribution in [0.1, 0.15) is 16.7 Å². The number of nitrogens with zero attached hydrogens (tertiary/aromatic N) is 2. The molecule has 0 aliphatic rings. The number of hydrazone groups is 1. The average molecular weight is 327 g/mol. The molecule has 24 heavy (non-hydrogen) atoms. The smallest absolute Gasteiger partial charge is 0.277 e. The molecule has 2 aromatic rings. The van der Waals surface area contributed by atoms with Gasteiger partial charge in [0.15, 0.2) is 6.61 Å². The molecule has 2 rings (SSSR count). The van der Waals surface area contributed by atoms with Crippen LogP contribution in [0.3, 0.4) is 0 Å². The summed E-state index contributed by atoms with van der Waals surface area (Å²) in [6.07, 6.45) is 1.40. The van der Waals surface area contributed by atoms with Gasteiger partial charge in [0, 0.05) is 12.1 Å². The summed E-state index contributed by atoms with van der Waals surface area (Å²) in [5.74, 6) is 0.253. The second kappa shape index (κ2) is 7.87. The lowest BCUT2D eigenvalue weighted by molar-refractivity contribution is -0.384. The number of carbonyl (C=O) groups is 1. The predicted octanol–water partition coefficient (Wildman–Crippen LogP) is 2.74. The number of amides is 1. The summed E-state index contributed by atoms with van der Waals surface area (Å²) < 4.78 is 5.44. The van der Waals surface area contributed by atoms with Gasteiger partial charge in [0.2, 0.25) is 0 Å². The van der Waals surface area contributed by atoms with Crippen LogP contribution in [0.15, 0.2) is 47.6 Å². The van der Waals surface area contributed by atoms with Crippen molar-refractivity contribution in [2.75, 3.05) is 6.61 Å². The highest BCUT2D eigenvalue weighted by atomic mass is 16.6. The van der Waals surface area contributed by atoms with Crippen molar-refractivity contribution >= 4 is 17.8 Å². The van der Waals surface area contributed by atoms with E-state index in [1.54, 1.807) is 12.1 Å². The largest absolute Gasteiger partial charge is 0.483 e. The SMILES string of the molecule is Cc1ccc(OCC(=O)N/N=C/c2ccc([N+](=O)[O-])cc2)c(C)c1. The molecule has 1 amide bonds. The molecule has 1 N–H and O–H groups in total. The number of carbonyl (C=O) groups excluding carboxylic acids is 1. The minimum Gasteiger partial charge on any atom is -0.483 e. The van der Waals surface area contributed by atoms with Gasteiger partial charge in [0.05, 0.1) is 11.1 Å². The number of nitro groups is 1. The molecule has 0 aliphatic carbocycles. The van der Waals surface area contributed by atoms with Crippen LogP contribution in [-0.4, -0.2) is 23.7 Å². The number of ether oxygens (including phenoxy) is 1. The molecule has 0 bridgehead atoms. The van der Waals surface area contributed by atoms with Gasteiger partial charge in [-0.3, -0.25) is 14.9 Å². The molecule has 0 atom stereocenters. The van der Waals surface area contributed by atoms with Crippen LogP contribution in [0.25, 0.3) is 0 Å². The number of nitro benzene ring substituents is 1. The summed E-state index contributed by atoms with van der Waals surface area (Å²) in [5.41, 5.74) is 5.05. The van der Waals surface area contributed by atoms with Crippen LogP contribution in [0.2, 0.25) is 0 Å². The molecular formula is C17H17N3O4. The number of hydrogen-bond acceptors (Lipinski definition) is 5. The molecule has 124 valence electrons. The van der Waals surface area contributed by atoms with Crippen molar-refractivity contribution in [3.63, 3.8) is 0 Å². The first-order chi connectivity index (χ1) is 11.5. The summed E-state index contributed by atoms with van der Waals surface area (Å²) in [4.78, 5) is 21.8. The molecule has 2 aromatic carbocycles.